The van der Waals surface area contributed by atoms with E-state index in [1.165, 1.54) is 0 Å². The van der Waals surface area contributed by atoms with E-state index in [1.54, 1.807) is 7.11 Å². The summed E-state index contributed by atoms with van der Waals surface area (Å²) in [5.41, 5.74) is 0. The lowest BCUT2D eigenvalue weighted by Gasteiger charge is -2.34. The fraction of sp³-hybridized carbons (Fsp3) is 0.889. The van der Waals surface area contributed by atoms with E-state index in [0.717, 1.165) is 12.8 Å². The molecule has 76 valence electrons. The van der Waals surface area contributed by atoms with Crippen molar-refractivity contribution in [3.63, 3.8) is 0 Å². The second-order valence-electron chi connectivity index (χ2n) is 3.62. The lowest BCUT2D eigenvalue weighted by Crippen LogP contribution is -2.48. The first kappa shape index (κ1) is 10.3. The second kappa shape index (κ2) is 4.46. The Morgan fingerprint density at radius 1 is 1.46 bits per heavy atom. The molecular formula is C9H17NO3. The Morgan fingerprint density at radius 3 is 2.54 bits per heavy atom. The number of alkyl carbamates (subject to hydrolysis) is 1. The number of rotatable bonds is 3. The molecule has 1 amide bonds. The lowest BCUT2D eigenvalue weighted by atomic mass is 9.89. The van der Waals surface area contributed by atoms with E-state index in [2.05, 4.69) is 5.32 Å². The second-order valence-corrected chi connectivity index (χ2v) is 3.62. The first-order valence-corrected chi connectivity index (χ1v) is 4.61. The highest BCUT2D eigenvalue weighted by atomic mass is 16.6. The van der Waals surface area contributed by atoms with Crippen LogP contribution in [0.5, 0.6) is 0 Å². The number of amides is 1. The molecule has 0 atom stereocenters. The van der Waals surface area contributed by atoms with E-state index in [9.17, 15) is 4.79 Å². The van der Waals surface area contributed by atoms with E-state index in [0.29, 0.717) is 6.10 Å². The topological polar surface area (TPSA) is 47.6 Å². The Bertz CT molecular complexity index is 176. The van der Waals surface area contributed by atoms with Gasteiger partial charge in [-0.05, 0) is 26.7 Å². The molecule has 0 saturated heterocycles. The quantitative estimate of drug-likeness (QED) is 0.724. The molecule has 4 heteroatoms. The van der Waals surface area contributed by atoms with Gasteiger partial charge < -0.3 is 14.8 Å². The molecule has 0 aromatic rings. The molecule has 0 aromatic carbocycles. The first-order chi connectivity index (χ1) is 6.11. The fourth-order valence-electron chi connectivity index (χ4n) is 1.29. The van der Waals surface area contributed by atoms with Crippen molar-refractivity contribution < 1.29 is 14.3 Å². The number of methoxy groups -OCH3 is 1. The summed E-state index contributed by atoms with van der Waals surface area (Å²) in [5, 5.41) is 2.77. The summed E-state index contributed by atoms with van der Waals surface area (Å²) in [5.74, 6) is 0. The lowest BCUT2D eigenvalue weighted by molar-refractivity contribution is 0.0149. The summed E-state index contributed by atoms with van der Waals surface area (Å²) in [6.45, 7) is 3.66. The van der Waals surface area contributed by atoms with E-state index in [1.807, 2.05) is 13.8 Å². The Morgan fingerprint density at radius 2 is 2.08 bits per heavy atom. The van der Waals surface area contributed by atoms with Crippen LogP contribution in [0.25, 0.3) is 0 Å². The van der Waals surface area contributed by atoms with Gasteiger partial charge in [-0.1, -0.05) is 0 Å². The standard InChI is InChI=1S/C9H17NO3/c1-6(2)13-9(11)10-7-4-8(5-7)12-3/h6-8H,4-5H2,1-3H3,(H,10,11). The SMILES string of the molecule is COC1CC(NC(=O)OC(C)C)C1. The number of carbonyl (C=O) groups excluding carboxylic acids is 1. The van der Waals surface area contributed by atoms with E-state index >= 15 is 0 Å². The van der Waals surface area contributed by atoms with Gasteiger partial charge in [-0.15, -0.1) is 0 Å². The van der Waals surface area contributed by atoms with Crippen LogP contribution in [0.1, 0.15) is 26.7 Å². The van der Waals surface area contributed by atoms with Crippen LogP contribution < -0.4 is 5.32 Å². The molecule has 13 heavy (non-hydrogen) atoms. The minimum atomic E-state index is -0.324. The molecule has 4 nitrogen and oxygen atoms in total. The summed E-state index contributed by atoms with van der Waals surface area (Å²) in [7, 11) is 1.69. The van der Waals surface area contributed by atoms with Gasteiger partial charge in [0, 0.05) is 13.2 Å². The molecule has 1 saturated carbocycles. The Hall–Kier alpha value is -0.770. The van der Waals surface area contributed by atoms with Crippen LogP contribution >= 0.6 is 0 Å². The Balaban J connectivity index is 2.09. The average molecular weight is 187 g/mol. The largest absolute Gasteiger partial charge is 0.447 e. The number of ether oxygens (including phenoxy) is 2. The molecular weight excluding hydrogens is 170 g/mol. The summed E-state index contributed by atoms with van der Waals surface area (Å²) in [6.07, 6.45) is 1.71. The number of hydrogen-bond donors (Lipinski definition) is 1. The van der Waals surface area contributed by atoms with Gasteiger partial charge in [0.15, 0.2) is 0 Å². The minimum Gasteiger partial charge on any atom is -0.447 e. The molecule has 0 bridgehead atoms. The van der Waals surface area contributed by atoms with Gasteiger partial charge in [0.05, 0.1) is 12.2 Å². The molecule has 0 radical (unpaired) electrons. The van der Waals surface area contributed by atoms with Crippen molar-refractivity contribution >= 4 is 6.09 Å². The van der Waals surface area contributed by atoms with Crippen molar-refractivity contribution in [3.05, 3.63) is 0 Å². The van der Waals surface area contributed by atoms with Crippen molar-refractivity contribution in [2.45, 2.75) is 44.9 Å². The van der Waals surface area contributed by atoms with Crippen LogP contribution in [0, 0.1) is 0 Å². The van der Waals surface area contributed by atoms with Gasteiger partial charge in [-0.25, -0.2) is 4.79 Å². The van der Waals surface area contributed by atoms with Gasteiger partial charge in [0.25, 0.3) is 0 Å². The maximum atomic E-state index is 11.1. The highest BCUT2D eigenvalue weighted by molar-refractivity contribution is 5.67. The summed E-state index contributed by atoms with van der Waals surface area (Å²) in [4.78, 5) is 11.1. The smallest absolute Gasteiger partial charge is 0.407 e. The monoisotopic (exact) mass is 187 g/mol. The predicted octanol–water partition coefficient (Wildman–Crippen LogP) is 1.30. The first-order valence-electron chi connectivity index (χ1n) is 4.61. The molecule has 0 aromatic heterocycles. The molecule has 1 rings (SSSR count). The van der Waals surface area contributed by atoms with E-state index < -0.39 is 0 Å². The van der Waals surface area contributed by atoms with Crippen molar-refractivity contribution in [1.82, 2.24) is 5.32 Å². The minimum absolute atomic E-state index is 0.0571. The fourth-order valence-corrected chi connectivity index (χ4v) is 1.29. The van der Waals surface area contributed by atoms with Gasteiger partial charge >= 0.3 is 6.09 Å². The predicted molar refractivity (Wildman–Crippen MR) is 48.6 cm³/mol. The molecule has 1 aliphatic rings. The molecule has 0 heterocycles. The molecule has 0 aliphatic heterocycles. The average Bonchev–Trinajstić information content (AvgIpc) is 1.94. The van der Waals surface area contributed by atoms with Crippen LogP contribution in [0.15, 0.2) is 0 Å². The van der Waals surface area contributed by atoms with Crippen LogP contribution in [0.4, 0.5) is 4.79 Å². The van der Waals surface area contributed by atoms with E-state index in [4.69, 9.17) is 9.47 Å². The zero-order chi connectivity index (χ0) is 9.84. The van der Waals surface area contributed by atoms with Gasteiger partial charge in [-0.2, -0.15) is 0 Å². The van der Waals surface area contributed by atoms with Gasteiger partial charge in [-0.3, -0.25) is 0 Å². The van der Waals surface area contributed by atoms with Crippen molar-refractivity contribution in [1.29, 1.82) is 0 Å². The third-order valence-corrected chi connectivity index (χ3v) is 2.09. The third kappa shape index (κ3) is 3.22. The van der Waals surface area contributed by atoms with Crippen molar-refractivity contribution in [3.8, 4) is 0 Å². The molecule has 1 aliphatic carbocycles. The zero-order valence-electron chi connectivity index (χ0n) is 8.37. The van der Waals surface area contributed by atoms with Gasteiger partial charge in [0.1, 0.15) is 0 Å². The van der Waals surface area contributed by atoms with Crippen LogP contribution in [-0.2, 0) is 9.47 Å². The van der Waals surface area contributed by atoms with Gasteiger partial charge in [0.2, 0.25) is 0 Å². The maximum absolute atomic E-state index is 11.1. The molecule has 0 spiro atoms. The zero-order valence-corrected chi connectivity index (χ0v) is 8.37. The Labute approximate surface area is 78.6 Å². The normalized spacial score (nSPS) is 26.8. The van der Waals surface area contributed by atoms with Crippen LogP contribution in [0.2, 0.25) is 0 Å². The third-order valence-electron chi connectivity index (χ3n) is 2.09. The highest BCUT2D eigenvalue weighted by Gasteiger charge is 2.30. The molecule has 1 N–H and O–H groups in total. The van der Waals surface area contributed by atoms with E-state index in [-0.39, 0.29) is 18.2 Å². The van der Waals surface area contributed by atoms with Crippen LogP contribution in [0.3, 0.4) is 0 Å². The maximum Gasteiger partial charge on any atom is 0.407 e. The number of hydrogen-bond acceptors (Lipinski definition) is 3. The summed E-state index contributed by atoms with van der Waals surface area (Å²) in [6, 6.07) is 0.233. The molecule has 0 unspecified atom stereocenters. The Kier molecular flexibility index (Phi) is 3.54. The van der Waals surface area contributed by atoms with Crippen molar-refractivity contribution in [2.24, 2.45) is 0 Å². The van der Waals surface area contributed by atoms with Crippen LogP contribution in [-0.4, -0.2) is 31.5 Å². The highest BCUT2D eigenvalue weighted by Crippen LogP contribution is 2.22. The van der Waals surface area contributed by atoms with Crippen molar-refractivity contribution in [2.75, 3.05) is 7.11 Å². The number of nitrogens with one attached hydrogen (secondary N) is 1. The summed E-state index contributed by atoms with van der Waals surface area (Å²) >= 11 is 0. The molecule has 1 fully saturated rings. The summed E-state index contributed by atoms with van der Waals surface area (Å²) < 4.78 is 10.0. The number of carbonyl (C=O) groups is 1.